The van der Waals surface area contributed by atoms with Crippen LogP contribution < -0.4 is 0 Å². The minimum atomic E-state index is -0.352. The van der Waals surface area contributed by atoms with Crippen molar-refractivity contribution in [3.63, 3.8) is 0 Å². The second-order valence-corrected chi connectivity index (χ2v) is 1.07. The maximum Gasteiger partial charge on any atom is 0.208 e. The van der Waals surface area contributed by atoms with E-state index in [9.17, 15) is 4.39 Å². The molecule has 1 aliphatic heterocycles. The molecule has 32 valence electrons. The Morgan fingerprint density at radius 2 is 2.67 bits per heavy atom. The fraction of sp³-hybridized carbons (Fsp3) is 0.250. The van der Waals surface area contributed by atoms with Crippen molar-refractivity contribution in [2.45, 2.75) is 0 Å². The molecule has 0 aromatic rings. The fourth-order valence-electron chi connectivity index (χ4n) is 0.343. The highest BCUT2D eigenvalue weighted by Gasteiger charge is 1.90. The first-order chi connectivity index (χ1) is 2.89. The van der Waals surface area contributed by atoms with E-state index in [0.717, 1.165) is 0 Å². The quantitative estimate of drug-likeness (QED) is 0.415. The first kappa shape index (κ1) is 3.53. The summed E-state index contributed by atoms with van der Waals surface area (Å²) in [5, 5.41) is 0. The molecule has 1 rings (SSSR count). The van der Waals surface area contributed by atoms with Crippen LogP contribution >= 0.6 is 0 Å². The van der Waals surface area contributed by atoms with E-state index in [1.165, 1.54) is 6.08 Å². The van der Waals surface area contributed by atoms with Crippen LogP contribution in [0.2, 0.25) is 0 Å². The van der Waals surface area contributed by atoms with Gasteiger partial charge in [0.25, 0.3) is 0 Å². The van der Waals surface area contributed by atoms with E-state index in [-0.39, 0.29) is 5.97 Å². The van der Waals surface area contributed by atoms with Gasteiger partial charge in [-0.05, 0) is 6.08 Å². The van der Waals surface area contributed by atoms with Gasteiger partial charge in [0.15, 0.2) is 0 Å². The van der Waals surface area contributed by atoms with Gasteiger partial charge in [-0.25, -0.2) is 0 Å². The van der Waals surface area contributed by atoms with Crippen LogP contribution in [-0.4, -0.2) is 12.5 Å². The highest BCUT2D eigenvalue weighted by atomic mass is 19.1. The Hall–Kier alpha value is -0.660. The van der Waals surface area contributed by atoms with Crippen molar-refractivity contribution in [3.8, 4) is 0 Å². The lowest BCUT2D eigenvalue weighted by Gasteiger charge is -1.67. The monoisotopic (exact) mass is 85.0 g/mol. The molecular formula is C4H4FN. The van der Waals surface area contributed by atoms with E-state index < -0.39 is 0 Å². The summed E-state index contributed by atoms with van der Waals surface area (Å²) in [6.45, 7) is 0.520. The van der Waals surface area contributed by atoms with Gasteiger partial charge in [0.2, 0.25) is 5.97 Å². The molecule has 0 amide bonds. The number of aliphatic imine (C=N–C) groups is 1. The fourth-order valence-corrected chi connectivity index (χ4v) is 0.343. The third-order valence-corrected chi connectivity index (χ3v) is 0.603. The van der Waals surface area contributed by atoms with Gasteiger partial charge in [-0.3, -0.25) is 4.99 Å². The van der Waals surface area contributed by atoms with Gasteiger partial charge < -0.3 is 0 Å². The van der Waals surface area contributed by atoms with E-state index >= 15 is 0 Å². The molecular weight excluding hydrogens is 81.0 g/mol. The van der Waals surface area contributed by atoms with Crippen LogP contribution in [0.4, 0.5) is 4.39 Å². The van der Waals surface area contributed by atoms with Gasteiger partial charge >= 0.3 is 0 Å². The summed E-state index contributed by atoms with van der Waals surface area (Å²) in [6, 6.07) is 0. The Balaban J connectivity index is 2.68. The minimum absolute atomic E-state index is 0.352. The summed E-state index contributed by atoms with van der Waals surface area (Å²) >= 11 is 0. The maximum absolute atomic E-state index is 11.6. The van der Waals surface area contributed by atoms with Crippen LogP contribution in [0.3, 0.4) is 0 Å². The van der Waals surface area contributed by atoms with Crippen LogP contribution in [0.1, 0.15) is 0 Å². The van der Waals surface area contributed by atoms with Crippen molar-refractivity contribution < 1.29 is 4.39 Å². The maximum atomic E-state index is 11.6. The van der Waals surface area contributed by atoms with Crippen molar-refractivity contribution in [2.75, 3.05) is 6.54 Å². The summed E-state index contributed by atoms with van der Waals surface area (Å²) in [7, 11) is 0. The lowest BCUT2D eigenvalue weighted by Crippen LogP contribution is -1.70. The van der Waals surface area contributed by atoms with Crippen LogP contribution in [-0.2, 0) is 0 Å². The number of halogens is 1. The number of rotatable bonds is 0. The Kier molecular flexibility index (Phi) is 0.708. The molecule has 6 heavy (non-hydrogen) atoms. The van der Waals surface area contributed by atoms with Gasteiger partial charge in [0, 0.05) is 0 Å². The molecule has 0 spiro atoms. The van der Waals surface area contributed by atoms with Crippen LogP contribution in [0.5, 0.6) is 0 Å². The second kappa shape index (κ2) is 1.20. The van der Waals surface area contributed by atoms with Crippen LogP contribution in [0.15, 0.2) is 17.1 Å². The Morgan fingerprint density at radius 3 is 2.83 bits per heavy atom. The number of allylic oxidation sites excluding steroid dienone is 1. The largest absolute Gasteiger partial charge is 0.254 e. The number of hydrogen-bond acceptors (Lipinski definition) is 1. The van der Waals surface area contributed by atoms with E-state index in [0.29, 0.717) is 6.54 Å². The van der Waals surface area contributed by atoms with Gasteiger partial charge in [-0.15, -0.1) is 0 Å². The highest BCUT2D eigenvalue weighted by molar-refractivity contribution is 5.88. The lowest BCUT2D eigenvalue weighted by molar-refractivity contribution is 0.812. The minimum Gasteiger partial charge on any atom is -0.254 e. The summed E-state index contributed by atoms with van der Waals surface area (Å²) in [4.78, 5) is 3.38. The third kappa shape index (κ3) is 0.455. The molecule has 0 saturated heterocycles. The average molecular weight is 85.1 g/mol. The first-order valence-corrected chi connectivity index (χ1v) is 1.76. The molecule has 0 bridgehead atoms. The zero-order valence-corrected chi connectivity index (χ0v) is 3.19. The van der Waals surface area contributed by atoms with E-state index in [1.54, 1.807) is 6.08 Å². The normalized spacial score (nSPS) is 18.5. The second-order valence-electron chi connectivity index (χ2n) is 1.07. The molecule has 0 aliphatic carbocycles. The molecule has 0 aromatic heterocycles. The van der Waals surface area contributed by atoms with Crippen molar-refractivity contribution in [1.82, 2.24) is 0 Å². The van der Waals surface area contributed by atoms with Gasteiger partial charge in [0.1, 0.15) is 0 Å². The SMILES string of the molecule is FC1=NCC=C1. The van der Waals surface area contributed by atoms with Crippen molar-refractivity contribution in [2.24, 2.45) is 4.99 Å². The van der Waals surface area contributed by atoms with Gasteiger partial charge in [-0.2, -0.15) is 4.39 Å². The van der Waals surface area contributed by atoms with Crippen LogP contribution in [0, 0.1) is 0 Å². The van der Waals surface area contributed by atoms with Crippen LogP contribution in [0.25, 0.3) is 0 Å². The lowest BCUT2D eigenvalue weighted by atomic mass is 10.6. The van der Waals surface area contributed by atoms with E-state index in [1.807, 2.05) is 0 Å². The zero-order chi connectivity index (χ0) is 4.41. The predicted molar refractivity (Wildman–Crippen MR) is 22.5 cm³/mol. The summed E-state index contributed by atoms with van der Waals surface area (Å²) in [5.41, 5.74) is 0. The topological polar surface area (TPSA) is 12.4 Å². The molecule has 2 heteroatoms. The molecule has 0 saturated carbocycles. The van der Waals surface area contributed by atoms with Gasteiger partial charge in [-0.1, -0.05) is 6.08 Å². The molecule has 0 atom stereocenters. The molecule has 0 N–H and O–H groups in total. The Labute approximate surface area is 35.2 Å². The third-order valence-electron chi connectivity index (χ3n) is 0.603. The smallest absolute Gasteiger partial charge is 0.208 e. The molecule has 1 aliphatic rings. The standard InChI is InChI=1S/C4H4FN/c5-4-2-1-3-6-4/h1-2H,3H2. The van der Waals surface area contributed by atoms with Crippen molar-refractivity contribution in [1.29, 1.82) is 0 Å². The number of nitrogens with zero attached hydrogens (tertiary/aromatic N) is 1. The molecule has 0 fully saturated rings. The summed E-state index contributed by atoms with van der Waals surface area (Å²) < 4.78 is 11.6. The first-order valence-electron chi connectivity index (χ1n) is 1.76. The Morgan fingerprint density at radius 1 is 1.83 bits per heavy atom. The Bertz CT molecular complexity index is 101. The molecule has 0 unspecified atom stereocenters. The molecule has 0 radical (unpaired) electrons. The van der Waals surface area contributed by atoms with Crippen molar-refractivity contribution in [3.05, 3.63) is 12.2 Å². The summed E-state index contributed by atoms with van der Waals surface area (Å²) in [6.07, 6.45) is 3.04. The molecule has 0 aromatic carbocycles. The highest BCUT2D eigenvalue weighted by Crippen LogP contribution is 1.91. The predicted octanol–water partition coefficient (Wildman–Crippen LogP) is 0.924. The van der Waals surface area contributed by atoms with Gasteiger partial charge in [0.05, 0.1) is 6.54 Å². The number of hydrogen-bond donors (Lipinski definition) is 0. The zero-order valence-electron chi connectivity index (χ0n) is 3.19. The van der Waals surface area contributed by atoms with E-state index in [2.05, 4.69) is 4.99 Å². The van der Waals surface area contributed by atoms with Crippen molar-refractivity contribution >= 4 is 5.97 Å². The summed E-state index contributed by atoms with van der Waals surface area (Å²) in [5.74, 6) is -0.352. The van der Waals surface area contributed by atoms with E-state index in [4.69, 9.17) is 0 Å². The molecule has 1 heterocycles. The molecule has 1 nitrogen and oxygen atoms in total. The average Bonchev–Trinajstić information content (AvgIpc) is 1.86.